The number of aliphatic hydroxyl groups excluding tert-OH is 2. The van der Waals surface area contributed by atoms with Crippen molar-refractivity contribution in [3.8, 4) is 0 Å². The minimum Gasteiger partial charge on any atom is -0.390 e. The number of rotatable bonds is 7. The lowest BCUT2D eigenvalue weighted by Gasteiger charge is -2.61. The Kier molecular flexibility index (Phi) is 6.11. The fourth-order valence-electron chi connectivity index (χ4n) is 11.4. The monoisotopic (exact) mass is 460 g/mol. The molecule has 0 radical (unpaired) electrons. The van der Waals surface area contributed by atoms with Crippen LogP contribution in [0.3, 0.4) is 0 Å². The first-order valence-corrected chi connectivity index (χ1v) is 14.5. The fraction of sp³-hybridized carbons (Fsp3) is 1.00. The van der Waals surface area contributed by atoms with Gasteiger partial charge in [0.15, 0.2) is 0 Å². The summed E-state index contributed by atoms with van der Waals surface area (Å²) in [7, 11) is 1.98. The molecule has 0 aliphatic heterocycles. The number of fused-ring (bicyclic) bond motifs is 4. The normalized spacial score (nSPS) is 51.8. The summed E-state index contributed by atoms with van der Waals surface area (Å²) in [4.78, 5) is 0. The fourth-order valence-corrected chi connectivity index (χ4v) is 11.4. The molecule has 33 heavy (non-hydrogen) atoms. The Labute approximate surface area is 203 Å². The molecule has 3 heteroatoms. The summed E-state index contributed by atoms with van der Waals surface area (Å²) in [6.07, 6.45) is 10.9. The van der Waals surface area contributed by atoms with Crippen molar-refractivity contribution in [1.29, 1.82) is 0 Å². The molecular formula is C30H52O3. The zero-order valence-electron chi connectivity index (χ0n) is 22.5. The van der Waals surface area contributed by atoms with Crippen molar-refractivity contribution in [2.24, 2.45) is 63.6 Å². The second-order valence-corrected chi connectivity index (χ2v) is 14.1. The largest absolute Gasteiger partial charge is 0.390 e. The number of aliphatic hydroxyl groups is 2. The molecule has 0 bridgehead atoms. The van der Waals surface area contributed by atoms with E-state index in [1.54, 1.807) is 0 Å². The smallest absolute Gasteiger partial charge is 0.0832 e. The summed E-state index contributed by atoms with van der Waals surface area (Å²) in [5.41, 5.74) is 1.27. The molecular weight excluding hydrogens is 408 g/mol. The van der Waals surface area contributed by atoms with E-state index in [2.05, 4.69) is 41.5 Å². The third kappa shape index (κ3) is 3.16. The van der Waals surface area contributed by atoms with Crippen LogP contribution in [-0.4, -0.2) is 35.6 Å². The maximum absolute atomic E-state index is 11.3. The SMILES string of the molecule is CC[C@@H](C(C)C)[C@H](O)[C@@H](O)[C@@H](C)[C@H]1CC[C@H]2[C@@H]3C[C@@H](OC)[C@]45C[C@H]4CC[C@]5(C)[C@H]3CC[C@]12C. The molecule has 0 unspecified atom stereocenters. The summed E-state index contributed by atoms with van der Waals surface area (Å²) in [6.45, 7) is 14.0. The standard InChI is InChI=1S/C30H52O3/c1-8-20(17(2)3)27(32)26(31)18(4)22-9-10-23-21-15-25(33-7)30-16-19(30)11-14-29(30,6)24(21)12-13-28(22,23)5/h17-27,31-32H,8-16H2,1-7H3/t18-,19+,20-,21-,22+,23-,24-,25+,26-,27-,28+,29+,30-/m0/s1. The maximum Gasteiger partial charge on any atom is 0.0832 e. The van der Waals surface area contributed by atoms with Crippen molar-refractivity contribution in [1.82, 2.24) is 0 Å². The highest BCUT2D eigenvalue weighted by atomic mass is 16.5. The van der Waals surface area contributed by atoms with E-state index in [9.17, 15) is 10.2 Å². The van der Waals surface area contributed by atoms with Gasteiger partial charge in [0, 0.05) is 12.5 Å². The van der Waals surface area contributed by atoms with Crippen LogP contribution < -0.4 is 0 Å². The topological polar surface area (TPSA) is 49.7 Å². The number of ether oxygens (including phenoxy) is 1. The average Bonchev–Trinajstić information content (AvgIpc) is 3.29. The molecule has 5 saturated carbocycles. The van der Waals surface area contributed by atoms with Gasteiger partial charge in [-0.2, -0.15) is 0 Å². The highest BCUT2D eigenvalue weighted by Gasteiger charge is 2.77. The lowest BCUT2D eigenvalue weighted by molar-refractivity contribution is -0.164. The lowest BCUT2D eigenvalue weighted by Crippen LogP contribution is -2.57. The van der Waals surface area contributed by atoms with Crippen molar-refractivity contribution in [3.63, 3.8) is 0 Å². The molecule has 5 fully saturated rings. The van der Waals surface area contributed by atoms with Crippen molar-refractivity contribution < 1.29 is 14.9 Å². The molecule has 0 aromatic rings. The average molecular weight is 461 g/mol. The van der Waals surface area contributed by atoms with Crippen molar-refractivity contribution in [2.45, 2.75) is 118 Å². The molecule has 5 rings (SSSR count). The van der Waals surface area contributed by atoms with Gasteiger partial charge in [0.05, 0.1) is 18.3 Å². The van der Waals surface area contributed by atoms with Crippen LogP contribution in [-0.2, 0) is 4.74 Å². The lowest BCUT2D eigenvalue weighted by atomic mass is 9.45. The van der Waals surface area contributed by atoms with E-state index >= 15 is 0 Å². The molecule has 0 heterocycles. The molecule has 0 aromatic heterocycles. The van der Waals surface area contributed by atoms with E-state index in [0.717, 1.165) is 30.1 Å². The Hall–Kier alpha value is -0.120. The van der Waals surface area contributed by atoms with Crippen LogP contribution >= 0.6 is 0 Å². The van der Waals surface area contributed by atoms with Crippen LogP contribution in [0, 0.1) is 63.6 Å². The van der Waals surface area contributed by atoms with Gasteiger partial charge in [-0.05, 0) is 110 Å². The zero-order chi connectivity index (χ0) is 23.9. The van der Waals surface area contributed by atoms with E-state index < -0.39 is 12.2 Å². The molecule has 0 saturated heterocycles. The molecule has 13 atom stereocenters. The molecule has 5 aliphatic rings. The van der Waals surface area contributed by atoms with E-state index in [4.69, 9.17) is 4.74 Å². The minimum atomic E-state index is -0.614. The van der Waals surface area contributed by atoms with E-state index in [1.165, 1.54) is 51.4 Å². The Balaban J connectivity index is 1.37. The van der Waals surface area contributed by atoms with E-state index in [1.807, 2.05) is 7.11 Å². The third-order valence-electron chi connectivity index (χ3n) is 13.2. The second kappa shape index (κ2) is 8.20. The Bertz CT molecular complexity index is 736. The van der Waals surface area contributed by atoms with Gasteiger partial charge in [0.1, 0.15) is 0 Å². The molecule has 2 N–H and O–H groups in total. The van der Waals surface area contributed by atoms with Gasteiger partial charge in [-0.15, -0.1) is 0 Å². The van der Waals surface area contributed by atoms with Gasteiger partial charge in [0.2, 0.25) is 0 Å². The summed E-state index contributed by atoms with van der Waals surface area (Å²) in [5.74, 6) is 4.57. The summed E-state index contributed by atoms with van der Waals surface area (Å²) in [5, 5.41) is 22.5. The van der Waals surface area contributed by atoms with Crippen LogP contribution in [0.1, 0.15) is 99.3 Å². The molecule has 0 aromatic carbocycles. The maximum atomic E-state index is 11.3. The highest BCUT2D eigenvalue weighted by molar-refractivity contribution is 5.26. The van der Waals surface area contributed by atoms with Crippen LogP contribution in [0.25, 0.3) is 0 Å². The highest BCUT2D eigenvalue weighted by Crippen LogP contribution is 2.82. The third-order valence-corrected chi connectivity index (χ3v) is 13.2. The zero-order valence-corrected chi connectivity index (χ0v) is 22.5. The first-order valence-electron chi connectivity index (χ1n) is 14.5. The number of hydrogen-bond acceptors (Lipinski definition) is 3. The van der Waals surface area contributed by atoms with Crippen molar-refractivity contribution >= 4 is 0 Å². The first-order chi connectivity index (χ1) is 15.6. The number of hydrogen-bond donors (Lipinski definition) is 2. The molecule has 0 amide bonds. The van der Waals surface area contributed by atoms with Crippen molar-refractivity contribution in [3.05, 3.63) is 0 Å². The summed E-state index contributed by atoms with van der Waals surface area (Å²) in [6, 6.07) is 0. The molecule has 190 valence electrons. The van der Waals surface area contributed by atoms with Gasteiger partial charge in [0.25, 0.3) is 0 Å². The predicted octanol–water partition coefficient (Wildman–Crippen LogP) is 6.31. The summed E-state index contributed by atoms with van der Waals surface area (Å²) >= 11 is 0. The molecule has 3 nitrogen and oxygen atoms in total. The predicted molar refractivity (Wildman–Crippen MR) is 134 cm³/mol. The Morgan fingerprint density at radius 3 is 2.27 bits per heavy atom. The van der Waals surface area contributed by atoms with Crippen LogP contribution in [0.4, 0.5) is 0 Å². The molecule has 5 aliphatic carbocycles. The number of methoxy groups -OCH3 is 1. The molecule has 1 spiro atoms. The van der Waals surface area contributed by atoms with Gasteiger partial charge >= 0.3 is 0 Å². The van der Waals surface area contributed by atoms with Gasteiger partial charge in [-0.25, -0.2) is 0 Å². The Morgan fingerprint density at radius 2 is 1.67 bits per heavy atom. The van der Waals surface area contributed by atoms with Gasteiger partial charge in [-0.1, -0.05) is 48.0 Å². The van der Waals surface area contributed by atoms with E-state index in [-0.39, 0.29) is 11.8 Å². The second-order valence-electron chi connectivity index (χ2n) is 14.1. The van der Waals surface area contributed by atoms with Gasteiger partial charge < -0.3 is 14.9 Å². The van der Waals surface area contributed by atoms with Crippen LogP contribution in [0.2, 0.25) is 0 Å². The Morgan fingerprint density at radius 1 is 0.939 bits per heavy atom. The summed E-state index contributed by atoms with van der Waals surface area (Å²) < 4.78 is 6.28. The van der Waals surface area contributed by atoms with Crippen LogP contribution in [0.5, 0.6) is 0 Å². The van der Waals surface area contributed by atoms with Crippen molar-refractivity contribution in [2.75, 3.05) is 7.11 Å². The van der Waals surface area contributed by atoms with E-state index in [0.29, 0.717) is 34.2 Å². The van der Waals surface area contributed by atoms with Crippen LogP contribution in [0.15, 0.2) is 0 Å². The quantitative estimate of drug-likeness (QED) is 0.468. The van der Waals surface area contributed by atoms with Gasteiger partial charge in [-0.3, -0.25) is 0 Å². The first kappa shape index (κ1) is 24.6. The minimum absolute atomic E-state index is 0.155.